The molecule has 1 fully saturated rings. The molecule has 34 heavy (non-hydrogen) atoms. The van der Waals surface area contributed by atoms with Crippen LogP contribution in [0.2, 0.25) is 0 Å². The summed E-state index contributed by atoms with van der Waals surface area (Å²) in [6, 6.07) is 23.0. The topological polar surface area (TPSA) is 103 Å². The molecule has 0 atom stereocenters. The molecule has 0 bridgehead atoms. The molecule has 0 spiro atoms. The summed E-state index contributed by atoms with van der Waals surface area (Å²) in [6.07, 6.45) is 1.92. The Bertz CT molecular complexity index is 1140. The molecule has 3 aromatic carbocycles. The van der Waals surface area contributed by atoms with Crippen LogP contribution >= 0.6 is 0 Å². The molecule has 2 N–H and O–H groups in total. The summed E-state index contributed by atoms with van der Waals surface area (Å²) in [5.41, 5.74) is 0.716. The Morgan fingerprint density at radius 3 is 2.15 bits per heavy atom. The third-order valence-corrected chi connectivity index (χ3v) is 4.88. The minimum Gasteiger partial charge on any atom is -0.482 e. The van der Waals surface area contributed by atoms with E-state index in [2.05, 4.69) is 10.6 Å². The van der Waals surface area contributed by atoms with Gasteiger partial charge in [0.1, 0.15) is 17.2 Å². The van der Waals surface area contributed by atoms with Crippen LogP contribution in [-0.4, -0.2) is 37.0 Å². The number of nitrogens with one attached hydrogen (secondary N) is 2. The molecular formula is C26H24N2O6. The Labute approximate surface area is 196 Å². The van der Waals surface area contributed by atoms with Crippen LogP contribution in [0.3, 0.4) is 0 Å². The molecule has 1 saturated carbocycles. The van der Waals surface area contributed by atoms with Crippen LogP contribution < -0.4 is 20.1 Å². The molecule has 0 aromatic heterocycles. The Hall–Kier alpha value is -4.33. The van der Waals surface area contributed by atoms with E-state index < -0.39 is 18.5 Å². The molecule has 0 radical (unpaired) electrons. The number of ether oxygens (including phenoxy) is 3. The standard InChI is InChI=1S/C26H24N2O6/c29-24(28-23-9-5-4-8-22(23)26(31)27-18-10-11-18)16-33-25(30)17-32-19-12-14-21(15-13-19)34-20-6-2-1-3-7-20/h1-9,12-15,18H,10-11,16-17H2,(H,27,31)(H,28,29). The molecule has 0 heterocycles. The quantitative estimate of drug-likeness (QED) is 0.445. The van der Waals surface area contributed by atoms with Gasteiger partial charge in [-0.3, -0.25) is 9.59 Å². The molecule has 0 unspecified atom stereocenters. The number of carbonyl (C=O) groups is 3. The summed E-state index contributed by atoms with van der Waals surface area (Å²) in [7, 11) is 0. The first kappa shape index (κ1) is 22.8. The predicted molar refractivity (Wildman–Crippen MR) is 125 cm³/mol. The smallest absolute Gasteiger partial charge is 0.344 e. The Morgan fingerprint density at radius 1 is 0.765 bits per heavy atom. The van der Waals surface area contributed by atoms with Crippen LogP contribution in [0.1, 0.15) is 23.2 Å². The zero-order valence-electron chi connectivity index (χ0n) is 18.4. The normalized spacial score (nSPS) is 12.4. The van der Waals surface area contributed by atoms with Crippen molar-refractivity contribution >= 4 is 23.5 Å². The maximum absolute atomic E-state index is 12.3. The van der Waals surface area contributed by atoms with Crippen LogP contribution in [0.15, 0.2) is 78.9 Å². The first-order valence-corrected chi connectivity index (χ1v) is 10.9. The molecule has 3 aromatic rings. The predicted octanol–water partition coefficient (Wildman–Crippen LogP) is 3.93. The van der Waals surface area contributed by atoms with Gasteiger partial charge in [0.2, 0.25) is 0 Å². The lowest BCUT2D eigenvalue weighted by Gasteiger charge is -2.12. The van der Waals surface area contributed by atoms with Crippen LogP contribution in [0.4, 0.5) is 5.69 Å². The van der Waals surface area contributed by atoms with Gasteiger partial charge in [0.25, 0.3) is 11.8 Å². The van der Waals surface area contributed by atoms with Crippen LogP contribution in [0, 0.1) is 0 Å². The van der Waals surface area contributed by atoms with Gasteiger partial charge in [-0.2, -0.15) is 0 Å². The van der Waals surface area contributed by atoms with Crippen molar-refractivity contribution in [2.75, 3.05) is 18.5 Å². The monoisotopic (exact) mass is 460 g/mol. The largest absolute Gasteiger partial charge is 0.482 e. The van der Waals surface area contributed by atoms with Gasteiger partial charge in [-0.15, -0.1) is 0 Å². The molecule has 2 amide bonds. The van der Waals surface area contributed by atoms with Gasteiger partial charge in [0.05, 0.1) is 11.3 Å². The Morgan fingerprint density at radius 2 is 1.41 bits per heavy atom. The Kier molecular flexibility index (Phi) is 7.39. The molecule has 8 nitrogen and oxygen atoms in total. The maximum Gasteiger partial charge on any atom is 0.344 e. The van der Waals surface area contributed by atoms with Crippen LogP contribution in [0.5, 0.6) is 17.2 Å². The summed E-state index contributed by atoms with van der Waals surface area (Å²) in [5, 5.41) is 5.49. The van der Waals surface area contributed by atoms with Gasteiger partial charge in [0.15, 0.2) is 13.2 Å². The second-order valence-corrected chi connectivity index (χ2v) is 7.68. The number of esters is 1. The number of anilines is 1. The second kappa shape index (κ2) is 11.0. The van der Waals surface area contributed by atoms with Gasteiger partial charge in [-0.05, 0) is 61.4 Å². The van der Waals surface area contributed by atoms with E-state index in [0.29, 0.717) is 28.5 Å². The number of hydrogen-bond donors (Lipinski definition) is 2. The first-order valence-electron chi connectivity index (χ1n) is 10.9. The van der Waals surface area contributed by atoms with Gasteiger partial charge in [-0.1, -0.05) is 30.3 Å². The van der Waals surface area contributed by atoms with E-state index in [-0.39, 0.29) is 18.6 Å². The van der Waals surface area contributed by atoms with E-state index in [9.17, 15) is 14.4 Å². The zero-order chi connectivity index (χ0) is 23.8. The number of para-hydroxylation sites is 2. The minimum atomic E-state index is -0.695. The molecule has 0 saturated heterocycles. The molecule has 1 aliphatic rings. The average Bonchev–Trinajstić information content (AvgIpc) is 3.67. The van der Waals surface area contributed by atoms with Gasteiger partial charge in [-0.25, -0.2) is 4.79 Å². The molecule has 4 rings (SSSR count). The maximum atomic E-state index is 12.3. The summed E-state index contributed by atoms with van der Waals surface area (Å²) < 4.78 is 16.1. The van der Waals surface area contributed by atoms with Crippen molar-refractivity contribution in [1.29, 1.82) is 0 Å². The lowest BCUT2D eigenvalue weighted by Crippen LogP contribution is -2.28. The van der Waals surface area contributed by atoms with Crippen molar-refractivity contribution in [2.24, 2.45) is 0 Å². The molecule has 174 valence electrons. The SMILES string of the molecule is O=C(COC(=O)COc1ccc(Oc2ccccc2)cc1)Nc1ccccc1C(=O)NC1CC1. The van der Waals surface area contributed by atoms with E-state index in [4.69, 9.17) is 14.2 Å². The van der Waals surface area contributed by atoms with Crippen molar-refractivity contribution in [2.45, 2.75) is 18.9 Å². The van der Waals surface area contributed by atoms with Gasteiger partial charge in [0, 0.05) is 6.04 Å². The van der Waals surface area contributed by atoms with E-state index in [0.717, 1.165) is 12.8 Å². The van der Waals surface area contributed by atoms with Crippen molar-refractivity contribution in [3.63, 3.8) is 0 Å². The van der Waals surface area contributed by atoms with Crippen molar-refractivity contribution in [3.8, 4) is 17.2 Å². The lowest BCUT2D eigenvalue weighted by atomic mass is 10.1. The third kappa shape index (κ3) is 6.83. The average molecular weight is 460 g/mol. The van der Waals surface area contributed by atoms with Crippen LogP contribution in [-0.2, 0) is 14.3 Å². The highest BCUT2D eigenvalue weighted by Gasteiger charge is 2.25. The fraction of sp³-hybridized carbons (Fsp3) is 0.192. The molecule has 8 heteroatoms. The van der Waals surface area contributed by atoms with E-state index in [1.54, 1.807) is 48.5 Å². The molecular weight excluding hydrogens is 436 g/mol. The lowest BCUT2D eigenvalue weighted by molar-refractivity contribution is -0.149. The number of hydrogen-bond acceptors (Lipinski definition) is 6. The van der Waals surface area contributed by atoms with E-state index in [1.165, 1.54) is 0 Å². The number of benzene rings is 3. The Balaban J connectivity index is 1.20. The molecule has 1 aliphatic carbocycles. The van der Waals surface area contributed by atoms with Crippen molar-refractivity contribution in [3.05, 3.63) is 84.4 Å². The summed E-state index contributed by atoms with van der Waals surface area (Å²) in [5.74, 6) is 0.302. The number of amides is 2. The highest BCUT2D eigenvalue weighted by atomic mass is 16.6. The van der Waals surface area contributed by atoms with E-state index in [1.807, 2.05) is 30.3 Å². The summed E-state index contributed by atoms with van der Waals surface area (Å²) in [4.78, 5) is 36.5. The van der Waals surface area contributed by atoms with Crippen molar-refractivity contribution < 1.29 is 28.6 Å². The van der Waals surface area contributed by atoms with Crippen molar-refractivity contribution in [1.82, 2.24) is 5.32 Å². The van der Waals surface area contributed by atoms with Gasteiger partial charge < -0.3 is 24.8 Å². The fourth-order valence-electron chi connectivity index (χ4n) is 3.03. The second-order valence-electron chi connectivity index (χ2n) is 7.68. The van der Waals surface area contributed by atoms with Crippen LogP contribution in [0.25, 0.3) is 0 Å². The highest BCUT2D eigenvalue weighted by molar-refractivity contribution is 6.04. The first-order chi connectivity index (χ1) is 16.6. The highest BCUT2D eigenvalue weighted by Crippen LogP contribution is 2.24. The van der Waals surface area contributed by atoms with E-state index >= 15 is 0 Å². The number of rotatable bonds is 10. The zero-order valence-corrected chi connectivity index (χ0v) is 18.4. The fourth-order valence-corrected chi connectivity index (χ4v) is 3.03. The minimum absolute atomic E-state index is 0.199. The third-order valence-electron chi connectivity index (χ3n) is 4.88. The molecule has 0 aliphatic heterocycles. The summed E-state index contributed by atoms with van der Waals surface area (Å²) >= 11 is 0. The number of carbonyl (C=O) groups excluding carboxylic acids is 3. The van der Waals surface area contributed by atoms with Gasteiger partial charge >= 0.3 is 5.97 Å². The summed E-state index contributed by atoms with van der Waals surface area (Å²) in [6.45, 7) is -0.850.